The number of aliphatic hydroxyl groups excluding tert-OH is 1. The summed E-state index contributed by atoms with van der Waals surface area (Å²) in [4.78, 5) is 16.4. The van der Waals surface area contributed by atoms with Gasteiger partial charge in [0.1, 0.15) is 17.5 Å². The SMILES string of the molecule is Cc1ncc(COP(=O)(N[C@@H](C)C(=O)OC(C)C)Oc2cccc3c2CCC=C3)c(CO)c1O. The van der Waals surface area contributed by atoms with Crippen LogP contribution in [-0.4, -0.2) is 33.3 Å². The molecule has 0 saturated heterocycles. The molecule has 0 amide bonds. The lowest BCUT2D eigenvalue weighted by atomic mass is 9.97. The number of benzene rings is 1. The molecule has 1 aliphatic rings. The minimum Gasteiger partial charge on any atom is -0.506 e. The second-order valence-corrected chi connectivity index (χ2v) is 10.0. The third-order valence-corrected chi connectivity index (χ3v) is 6.89. The molecule has 9 nitrogen and oxygen atoms in total. The molecule has 0 radical (unpaired) electrons. The van der Waals surface area contributed by atoms with Gasteiger partial charge in [0.25, 0.3) is 0 Å². The Labute approximate surface area is 199 Å². The van der Waals surface area contributed by atoms with Crippen LogP contribution in [0.1, 0.15) is 55.1 Å². The van der Waals surface area contributed by atoms with E-state index in [1.54, 1.807) is 32.9 Å². The number of aromatic nitrogens is 1. The molecule has 1 unspecified atom stereocenters. The number of carbonyl (C=O) groups is 1. The molecule has 1 aromatic carbocycles. The molecule has 3 N–H and O–H groups in total. The van der Waals surface area contributed by atoms with Gasteiger partial charge in [0.2, 0.25) is 0 Å². The summed E-state index contributed by atoms with van der Waals surface area (Å²) in [5.41, 5.74) is 2.75. The Morgan fingerprint density at radius 1 is 1.29 bits per heavy atom. The maximum atomic E-state index is 13.9. The largest absolute Gasteiger partial charge is 0.506 e. The number of nitrogens with zero attached hydrogens (tertiary/aromatic N) is 1. The number of hydrogen-bond donors (Lipinski definition) is 3. The standard InChI is InChI=1S/C24H31N2O7P/c1-15(2)32-24(29)17(4)26-34(30,31-14-19-12-25-16(3)23(28)21(19)13-27)33-22-11-7-9-18-8-5-6-10-20(18)22/h5,7-9,11-12,15,17,27-28H,6,10,13-14H2,1-4H3,(H,26,30)/t17-,34?/m0/s1. The van der Waals surface area contributed by atoms with Crippen LogP contribution in [0.15, 0.2) is 30.5 Å². The number of hydrogen-bond acceptors (Lipinski definition) is 8. The monoisotopic (exact) mass is 490 g/mol. The van der Waals surface area contributed by atoms with Crippen LogP contribution in [0.3, 0.4) is 0 Å². The predicted molar refractivity (Wildman–Crippen MR) is 127 cm³/mol. The smallest absolute Gasteiger partial charge is 0.459 e. The predicted octanol–water partition coefficient (Wildman–Crippen LogP) is 4.18. The highest BCUT2D eigenvalue weighted by Crippen LogP contribution is 2.48. The van der Waals surface area contributed by atoms with E-state index >= 15 is 0 Å². The van der Waals surface area contributed by atoms with E-state index in [-0.39, 0.29) is 24.0 Å². The Kier molecular flexibility index (Phi) is 8.49. The van der Waals surface area contributed by atoms with Crippen molar-refractivity contribution >= 4 is 19.8 Å². The zero-order chi connectivity index (χ0) is 24.9. The number of rotatable bonds is 10. The van der Waals surface area contributed by atoms with Crippen LogP contribution in [0.25, 0.3) is 6.08 Å². The van der Waals surface area contributed by atoms with Crippen LogP contribution in [0.5, 0.6) is 11.5 Å². The normalized spacial score (nSPS) is 15.5. The number of ether oxygens (including phenoxy) is 1. The van der Waals surface area contributed by atoms with Crippen molar-refractivity contribution in [3.63, 3.8) is 0 Å². The van der Waals surface area contributed by atoms with E-state index in [0.717, 1.165) is 17.5 Å². The molecule has 184 valence electrons. The topological polar surface area (TPSA) is 127 Å². The first-order chi connectivity index (χ1) is 16.1. The Morgan fingerprint density at radius 2 is 2.06 bits per heavy atom. The molecule has 34 heavy (non-hydrogen) atoms. The van der Waals surface area contributed by atoms with Crippen LogP contribution in [0, 0.1) is 6.92 Å². The van der Waals surface area contributed by atoms with E-state index in [0.29, 0.717) is 23.4 Å². The first-order valence-electron chi connectivity index (χ1n) is 11.1. The lowest BCUT2D eigenvalue weighted by Crippen LogP contribution is -2.36. The van der Waals surface area contributed by atoms with Crippen LogP contribution in [-0.2, 0) is 38.3 Å². The lowest BCUT2D eigenvalue weighted by molar-refractivity contribution is -0.149. The van der Waals surface area contributed by atoms with Crippen molar-refractivity contribution in [2.24, 2.45) is 0 Å². The van der Waals surface area contributed by atoms with Gasteiger partial charge in [0.05, 0.1) is 25.0 Å². The maximum absolute atomic E-state index is 13.9. The van der Waals surface area contributed by atoms with Crippen molar-refractivity contribution < 1.29 is 33.4 Å². The quantitative estimate of drug-likeness (QED) is 0.332. The summed E-state index contributed by atoms with van der Waals surface area (Å²) in [5, 5.41) is 22.6. The van der Waals surface area contributed by atoms with Gasteiger partial charge in [-0.1, -0.05) is 24.3 Å². The van der Waals surface area contributed by atoms with Crippen molar-refractivity contribution in [1.29, 1.82) is 0 Å². The fourth-order valence-electron chi connectivity index (χ4n) is 3.51. The molecule has 1 aromatic heterocycles. The van der Waals surface area contributed by atoms with Crippen molar-refractivity contribution in [3.05, 3.63) is 58.4 Å². The first-order valence-corrected chi connectivity index (χ1v) is 12.7. The van der Waals surface area contributed by atoms with E-state index < -0.39 is 26.4 Å². The van der Waals surface area contributed by atoms with E-state index in [2.05, 4.69) is 16.1 Å². The molecule has 3 rings (SSSR count). The molecular formula is C24H31N2O7P. The van der Waals surface area contributed by atoms with E-state index in [9.17, 15) is 19.6 Å². The summed E-state index contributed by atoms with van der Waals surface area (Å²) in [5.74, 6) is -0.384. The molecule has 2 aromatic rings. The van der Waals surface area contributed by atoms with Crippen LogP contribution >= 0.6 is 7.75 Å². The molecular weight excluding hydrogens is 459 g/mol. The third-order valence-electron chi connectivity index (χ3n) is 5.28. The number of fused-ring (bicyclic) bond motifs is 1. The molecule has 0 bridgehead atoms. The fourth-order valence-corrected chi connectivity index (χ4v) is 5.01. The van der Waals surface area contributed by atoms with Crippen LogP contribution in [0.2, 0.25) is 0 Å². The average Bonchev–Trinajstić information content (AvgIpc) is 2.79. The highest BCUT2D eigenvalue weighted by molar-refractivity contribution is 7.52. The van der Waals surface area contributed by atoms with Gasteiger partial charge >= 0.3 is 13.7 Å². The van der Waals surface area contributed by atoms with E-state index in [4.69, 9.17) is 13.8 Å². The molecule has 0 aliphatic heterocycles. The van der Waals surface area contributed by atoms with Crippen molar-refractivity contribution in [2.75, 3.05) is 0 Å². The Hall–Kier alpha value is -2.71. The molecule has 1 heterocycles. The Balaban J connectivity index is 1.90. The molecule has 1 aliphatic carbocycles. The summed E-state index contributed by atoms with van der Waals surface area (Å²) in [6, 6.07) is 4.43. The lowest BCUT2D eigenvalue weighted by Gasteiger charge is -2.25. The first kappa shape index (κ1) is 25.9. The van der Waals surface area contributed by atoms with Gasteiger partial charge in [-0.05, 0) is 52.2 Å². The summed E-state index contributed by atoms with van der Waals surface area (Å²) in [6.45, 7) is 5.79. The second kappa shape index (κ2) is 11.1. The molecule has 0 fully saturated rings. The highest BCUT2D eigenvalue weighted by Gasteiger charge is 2.34. The zero-order valence-corrected chi connectivity index (χ0v) is 20.7. The number of pyridine rings is 1. The number of aromatic hydroxyl groups is 1. The second-order valence-electron chi connectivity index (χ2n) is 8.32. The minimum atomic E-state index is -4.13. The van der Waals surface area contributed by atoms with Gasteiger partial charge < -0.3 is 19.5 Å². The Bertz CT molecular complexity index is 1120. The number of carbonyl (C=O) groups excluding carboxylic acids is 1. The molecule has 10 heteroatoms. The average molecular weight is 490 g/mol. The number of allylic oxidation sites excluding steroid dienone is 1. The number of esters is 1. The summed E-state index contributed by atoms with van der Waals surface area (Å²) in [6.07, 6.45) is 6.63. The fraction of sp³-hybridized carbons (Fsp3) is 0.417. The van der Waals surface area contributed by atoms with Crippen molar-refractivity contribution in [1.82, 2.24) is 10.1 Å². The molecule has 0 spiro atoms. The van der Waals surface area contributed by atoms with Gasteiger partial charge in [-0.15, -0.1) is 0 Å². The van der Waals surface area contributed by atoms with Crippen molar-refractivity contribution in [2.45, 2.75) is 65.9 Å². The van der Waals surface area contributed by atoms with Gasteiger partial charge in [-0.2, -0.15) is 5.09 Å². The van der Waals surface area contributed by atoms with E-state index in [1.165, 1.54) is 13.1 Å². The zero-order valence-electron chi connectivity index (χ0n) is 19.8. The van der Waals surface area contributed by atoms with Gasteiger partial charge in [-0.25, -0.2) is 4.57 Å². The van der Waals surface area contributed by atoms with Crippen LogP contribution < -0.4 is 9.61 Å². The summed E-state index contributed by atoms with van der Waals surface area (Å²) >= 11 is 0. The van der Waals surface area contributed by atoms with E-state index in [1.807, 2.05) is 12.1 Å². The third kappa shape index (κ3) is 6.24. The number of nitrogens with one attached hydrogen (secondary N) is 1. The number of aryl methyl sites for hydroxylation is 1. The molecule has 0 saturated carbocycles. The number of aliphatic hydroxyl groups is 1. The maximum Gasteiger partial charge on any atom is 0.459 e. The highest BCUT2D eigenvalue weighted by atomic mass is 31.2. The van der Waals surface area contributed by atoms with Crippen molar-refractivity contribution in [3.8, 4) is 11.5 Å². The molecule has 2 atom stereocenters. The van der Waals surface area contributed by atoms with Gasteiger partial charge in [-0.3, -0.25) is 14.3 Å². The summed E-state index contributed by atoms with van der Waals surface area (Å²) < 4.78 is 30.7. The summed E-state index contributed by atoms with van der Waals surface area (Å²) in [7, 11) is -4.13. The van der Waals surface area contributed by atoms with Gasteiger partial charge in [0.15, 0.2) is 0 Å². The van der Waals surface area contributed by atoms with Crippen LogP contribution in [0.4, 0.5) is 0 Å². The minimum absolute atomic E-state index is 0.162. The van der Waals surface area contributed by atoms with Gasteiger partial charge in [0, 0.05) is 22.9 Å². The Morgan fingerprint density at radius 3 is 2.76 bits per heavy atom.